The minimum absolute atomic E-state index is 0.119. The minimum atomic E-state index is -0.579. The molecule has 4 aromatic rings. The van der Waals surface area contributed by atoms with Crippen molar-refractivity contribution in [3.8, 4) is 17.1 Å². The van der Waals surface area contributed by atoms with Crippen molar-refractivity contribution in [3.63, 3.8) is 0 Å². The summed E-state index contributed by atoms with van der Waals surface area (Å²) in [6, 6.07) is 8.91. The van der Waals surface area contributed by atoms with Crippen LogP contribution in [0, 0.1) is 12.8 Å². The van der Waals surface area contributed by atoms with Crippen LogP contribution in [0.25, 0.3) is 22.3 Å². The van der Waals surface area contributed by atoms with E-state index in [4.69, 9.17) is 14.5 Å². The van der Waals surface area contributed by atoms with Gasteiger partial charge in [0.05, 0.1) is 35.1 Å². The highest BCUT2D eigenvalue weighted by Crippen LogP contribution is 2.31. The normalized spacial score (nSPS) is 17.6. The Morgan fingerprint density at radius 1 is 1.04 bits per heavy atom. The molecule has 13 nitrogen and oxygen atoms in total. The highest BCUT2D eigenvalue weighted by Gasteiger charge is 2.29. The summed E-state index contributed by atoms with van der Waals surface area (Å²) in [6.07, 6.45) is 3.02. The minimum Gasteiger partial charge on any atom is -0.477 e. The molecule has 2 aliphatic rings. The summed E-state index contributed by atoms with van der Waals surface area (Å²) in [6.45, 7) is 12.2. The number of amides is 3. The molecule has 0 unspecified atom stereocenters. The maximum atomic E-state index is 13.7. The number of fused-ring (bicyclic) bond motifs is 7. The number of pyridine rings is 1. The van der Waals surface area contributed by atoms with Gasteiger partial charge in [-0.3, -0.25) is 19.9 Å². The van der Waals surface area contributed by atoms with Crippen molar-refractivity contribution in [2.45, 2.75) is 59.6 Å². The zero-order chi connectivity index (χ0) is 33.5. The van der Waals surface area contributed by atoms with Gasteiger partial charge in [0.1, 0.15) is 5.60 Å². The summed E-state index contributed by atoms with van der Waals surface area (Å²) >= 11 is 0. The van der Waals surface area contributed by atoms with Crippen molar-refractivity contribution in [1.82, 2.24) is 34.1 Å². The molecule has 6 rings (SSSR count). The van der Waals surface area contributed by atoms with Gasteiger partial charge in [-0.05, 0) is 76.8 Å². The van der Waals surface area contributed by atoms with Crippen molar-refractivity contribution in [2.75, 3.05) is 38.1 Å². The van der Waals surface area contributed by atoms with Crippen LogP contribution in [0.4, 0.5) is 10.7 Å². The van der Waals surface area contributed by atoms with Crippen LogP contribution in [-0.2, 0) is 18.3 Å². The fraction of sp³-hybridized carbons (Fsp3) is 0.471. The first-order chi connectivity index (χ1) is 22.4. The predicted octanol–water partition coefficient (Wildman–Crippen LogP) is 4.89. The van der Waals surface area contributed by atoms with Crippen molar-refractivity contribution in [3.05, 3.63) is 53.3 Å². The topological polar surface area (TPSA) is 137 Å². The number of piperazine rings is 1. The van der Waals surface area contributed by atoms with E-state index >= 15 is 0 Å². The molecule has 1 atom stereocenters. The summed E-state index contributed by atoms with van der Waals surface area (Å²) in [4.78, 5) is 52.7. The van der Waals surface area contributed by atoms with E-state index in [9.17, 15) is 14.4 Å². The van der Waals surface area contributed by atoms with Crippen LogP contribution in [0.3, 0.4) is 0 Å². The largest absolute Gasteiger partial charge is 0.477 e. The first-order valence-corrected chi connectivity index (χ1v) is 16.1. The summed E-state index contributed by atoms with van der Waals surface area (Å²) in [5.41, 5.74) is 3.83. The third-order valence-corrected chi connectivity index (χ3v) is 8.39. The lowest BCUT2D eigenvalue weighted by Crippen LogP contribution is -2.51. The lowest BCUT2D eigenvalue weighted by molar-refractivity contribution is 0.0141. The van der Waals surface area contributed by atoms with Gasteiger partial charge < -0.3 is 23.8 Å². The Kier molecular flexibility index (Phi) is 8.64. The molecule has 248 valence electrons. The number of anilines is 1. The summed E-state index contributed by atoms with van der Waals surface area (Å²) < 4.78 is 15.4. The van der Waals surface area contributed by atoms with E-state index in [1.54, 1.807) is 38.9 Å². The Morgan fingerprint density at radius 2 is 1.79 bits per heavy atom. The maximum absolute atomic E-state index is 13.7. The van der Waals surface area contributed by atoms with Crippen molar-refractivity contribution in [1.29, 1.82) is 0 Å². The zero-order valence-electron chi connectivity index (χ0n) is 27.9. The number of imidazole rings is 1. The lowest BCUT2D eigenvalue weighted by atomic mass is 10.1. The number of carbonyl (C=O) groups is 3. The maximum Gasteiger partial charge on any atom is 0.410 e. The number of ether oxygens (including phenoxy) is 2. The standard InChI is InChI=1S/C34H42N8O5/c1-21-8-7-15-46-31-25(19-35-39(31)6)27-17-24(16-22(2)36-27)29(43)38-32-37-26-10-9-23(18-28(26)42(32)20-21)30(44)40-11-13-41(14-12-40)33(45)47-34(3,4)5/h9-10,16-19,21H,7-8,11-15,20H2,1-6H3,(H,37,38,43)/t21-/m1/s1. The monoisotopic (exact) mass is 642 g/mol. The van der Waals surface area contributed by atoms with E-state index in [0.717, 1.165) is 23.9 Å². The van der Waals surface area contributed by atoms with Gasteiger partial charge in [0.15, 0.2) is 0 Å². The average Bonchev–Trinajstić information content (AvgIpc) is 3.56. The quantitative estimate of drug-likeness (QED) is 0.310. The van der Waals surface area contributed by atoms with E-state index < -0.39 is 5.60 Å². The number of nitrogens with zero attached hydrogens (tertiary/aromatic N) is 7. The molecule has 0 aliphatic carbocycles. The van der Waals surface area contributed by atoms with E-state index in [1.807, 2.05) is 51.4 Å². The Morgan fingerprint density at radius 3 is 2.53 bits per heavy atom. The molecule has 0 spiro atoms. The van der Waals surface area contributed by atoms with Crippen LogP contribution in [0.5, 0.6) is 5.88 Å². The number of benzene rings is 1. The number of aryl methyl sites for hydroxylation is 2. The van der Waals surface area contributed by atoms with Crippen LogP contribution < -0.4 is 10.1 Å². The highest BCUT2D eigenvalue weighted by molar-refractivity contribution is 6.05. The van der Waals surface area contributed by atoms with Crippen LogP contribution in [0.2, 0.25) is 0 Å². The molecular formula is C34H42N8O5. The molecule has 3 amide bonds. The summed E-state index contributed by atoms with van der Waals surface area (Å²) in [7, 11) is 1.83. The molecule has 0 radical (unpaired) electrons. The summed E-state index contributed by atoms with van der Waals surface area (Å²) in [5, 5.41) is 7.41. The molecule has 0 saturated carbocycles. The molecule has 13 heteroatoms. The van der Waals surface area contributed by atoms with E-state index in [1.165, 1.54) is 0 Å². The van der Waals surface area contributed by atoms with Gasteiger partial charge in [0.25, 0.3) is 11.8 Å². The molecule has 3 aromatic heterocycles. The number of aromatic nitrogens is 5. The van der Waals surface area contributed by atoms with Crippen molar-refractivity contribution < 1.29 is 23.9 Å². The fourth-order valence-electron chi connectivity index (χ4n) is 6.03. The molecular weight excluding hydrogens is 600 g/mol. The molecule has 1 N–H and O–H groups in total. The van der Waals surface area contributed by atoms with Crippen LogP contribution in [0.15, 0.2) is 36.5 Å². The predicted molar refractivity (Wildman–Crippen MR) is 176 cm³/mol. The SMILES string of the molecule is Cc1cc2cc(n1)-c1cnn(C)c1OCCC[C@@H](C)Cn1c(nc3ccc(C(=O)N4CCN(C(=O)OC(C)(C)C)CC4)cc31)NC2=O. The van der Waals surface area contributed by atoms with Gasteiger partial charge in [-0.15, -0.1) is 0 Å². The second kappa shape index (κ2) is 12.7. The fourth-order valence-corrected chi connectivity index (χ4v) is 6.03. The van der Waals surface area contributed by atoms with E-state index in [0.29, 0.717) is 79.2 Å². The number of hydrogen-bond acceptors (Lipinski definition) is 8. The Hall–Kier alpha value is -4.94. The van der Waals surface area contributed by atoms with Crippen LogP contribution in [0.1, 0.15) is 66.9 Å². The van der Waals surface area contributed by atoms with Crippen LogP contribution >= 0.6 is 0 Å². The average molecular weight is 643 g/mol. The van der Waals surface area contributed by atoms with Gasteiger partial charge in [0.2, 0.25) is 11.8 Å². The first-order valence-electron chi connectivity index (χ1n) is 16.1. The van der Waals surface area contributed by atoms with E-state index in [-0.39, 0.29) is 23.8 Å². The zero-order valence-corrected chi connectivity index (χ0v) is 27.9. The Balaban J connectivity index is 1.28. The third kappa shape index (κ3) is 6.93. The van der Waals surface area contributed by atoms with Crippen LogP contribution in [-0.4, -0.2) is 90.4 Å². The third-order valence-electron chi connectivity index (χ3n) is 8.39. The summed E-state index contributed by atoms with van der Waals surface area (Å²) in [5.74, 6) is 0.803. The van der Waals surface area contributed by atoms with Crippen molar-refractivity contribution in [2.24, 2.45) is 13.0 Å². The lowest BCUT2D eigenvalue weighted by Gasteiger charge is -2.35. The Labute approximate surface area is 273 Å². The van der Waals surface area contributed by atoms with Gasteiger partial charge in [-0.1, -0.05) is 6.92 Å². The smallest absolute Gasteiger partial charge is 0.410 e. The van der Waals surface area contributed by atoms with Gasteiger partial charge in [0, 0.05) is 56.6 Å². The van der Waals surface area contributed by atoms with Gasteiger partial charge in [-0.25, -0.2) is 14.5 Å². The highest BCUT2D eigenvalue weighted by atomic mass is 16.6. The molecule has 47 heavy (non-hydrogen) atoms. The van der Waals surface area contributed by atoms with Crippen molar-refractivity contribution >= 4 is 34.9 Å². The second-order valence-corrected chi connectivity index (χ2v) is 13.4. The second-order valence-electron chi connectivity index (χ2n) is 13.4. The number of rotatable bonds is 1. The number of hydrogen-bond donors (Lipinski definition) is 1. The Bertz CT molecular complexity index is 1830. The van der Waals surface area contributed by atoms with Gasteiger partial charge >= 0.3 is 6.09 Å². The molecule has 1 fully saturated rings. The molecule has 2 aliphatic heterocycles. The molecule has 1 saturated heterocycles. The molecule has 2 bridgehead atoms. The molecule has 5 heterocycles. The van der Waals surface area contributed by atoms with Gasteiger partial charge in [-0.2, -0.15) is 5.10 Å². The number of carbonyl (C=O) groups excluding carboxylic acids is 3. The first kappa shape index (κ1) is 32.0. The van der Waals surface area contributed by atoms with E-state index in [2.05, 4.69) is 22.3 Å². The number of nitrogens with one attached hydrogen (secondary N) is 1. The molecule has 1 aromatic carbocycles.